The van der Waals surface area contributed by atoms with E-state index in [2.05, 4.69) is 42.5 Å². The number of likely N-dealkylation sites (tertiary alicyclic amines) is 1. The number of para-hydroxylation sites is 1. The van der Waals surface area contributed by atoms with Crippen LogP contribution < -0.4 is 20.3 Å². The quantitative estimate of drug-likeness (QED) is 0.128. The average molecular weight is 836 g/mol. The van der Waals surface area contributed by atoms with Gasteiger partial charge in [0.2, 0.25) is 5.95 Å². The molecular weight excluding hydrogens is 789 g/mol. The number of anilines is 4. The number of rotatable bonds is 13. The molecular formula is C44H47F2N9O4S. The zero-order chi connectivity index (χ0) is 41.8. The summed E-state index contributed by atoms with van der Waals surface area (Å²) in [5, 5.41) is 5.73. The first-order valence-corrected chi connectivity index (χ1v) is 22.2. The van der Waals surface area contributed by atoms with Crippen LogP contribution in [0.5, 0.6) is 5.75 Å². The number of aromatic nitrogens is 4. The van der Waals surface area contributed by atoms with Crippen LogP contribution in [0.2, 0.25) is 0 Å². The predicted octanol–water partition coefficient (Wildman–Crippen LogP) is 6.76. The zero-order valence-corrected chi connectivity index (χ0v) is 34.3. The van der Waals surface area contributed by atoms with Crippen molar-refractivity contribution in [2.45, 2.75) is 25.8 Å². The Morgan fingerprint density at radius 3 is 2.40 bits per heavy atom. The van der Waals surface area contributed by atoms with Gasteiger partial charge in [0.25, 0.3) is 5.91 Å². The molecule has 0 spiro atoms. The minimum absolute atomic E-state index is 0.193. The molecule has 2 aliphatic heterocycles. The van der Waals surface area contributed by atoms with Crippen molar-refractivity contribution in [1.82, 2.24) is 29.2 Å². The third-order valence-corrected chi connectivity index (χ3v) is 12.0. The summed E-state index contributed by atoms with van der Waals surface area (Å²) in [4.78, 5) is 34.8. The second kappa shape index (κ2) is 17.7. The molecule has 16 heteroatoms. The van der Waals surface area contributed by atoms with E-state index in [0.29, 0.717) is 64.9 Å². The monoisotopic (exact) mass is 835 g/mol. The van der Waals surface area contributed by atoms with Crippen LogP contribution in [0, 0.1) is 11.6 Å². The fraction of sp³-hybridized carbons (Fsp3) is 0.318. The maximum Gasteiger partial charge on any atom is 0.255 e. The van der Waals surface area contributed by atoms with Gasteiger partial charge in [-0.15, -0.1) is 0 Å². The number of fused-ring (bicyclic) bond motifs is 1. The van der Waals surface area contributed by atoms with Gasteiger partial charge in [-0.3, -0.25) is 14.1 Å². The Labute approximate surface area is 348 Å². The van der Waals surface area contributed by atoms with Crippen molar-refractivity contribution in [2.75, 3.05) is 80.0 Å². The van der Waals surface area contributed by atoms with Crippen molar-refractivity contribution in [3.8, 4) is 28.4 Å². The number of ether oxygens (including phenoxy) is 1. The topological polar surface area (TPSA) is 137 Å². The predicted molar refractivity (Wildman–Crippen MR) is 230 cm³/mol. The molecule has 2 aliphatic rings. The number of carbonyl (C=O) groups is 1. The molecule has 5 heterocycles. The van der Waals surface area contributed by atoms with Gasteiger partial charge in [-0.1, -0.05) is 24.3 Å². The lowest BCUT2D eigenvalue weighted by molar-refractivity contribution is 0.102. The maximum atomic E-state index is 14.4. The van der Waals surface area contributed by atoms with Crippen LogP contribution in [0.1, 0.15) is 30.1 Å². The Morgan fingerprint density at radius 1 is 0.883 bits per heavy atom. The van der Waals surface area contributed by atoms with E-state index in [-0.39, 0.29) is 11.3 Å². The smallest absolute Gasteiger partial charge is 0.255 e. The van der Waals surface area contributed by atoms with Gasteiger partial charge in [0, 0.05) is 80.3 Å². The van der Waals surface area contributed by atoms with E-state index in [0.717, 1.165) is 69.9 Å². The van der Waals surface area contributed by atoms with Crippen molar-refractivity contribution >= 4 is 44.4 Å². The number of nitrogens with one attached hydrogen (secondary N) is 2. The fourth-order valence-corrected chi connectivity index (χ4v) is 8.55. The molecule has 13 nitrogen and oxygen atoms in total. The molecule has 0 radical (unpaired) electrons. The number of halogens is 2. The molecule has 2 fully saturated rings. The highest BCUT2D eigenvalue weighted by molar-refractivity contribution is 7.90. The summed E-state index contributed by atoms with van der Waals surface area (Å²) in [5.41, 5.74) is 4.49. The van der Waals surface area contributed by atoms with Crippen LogP contribution >= 0.6 is 0 Å². The van der Waals surface area contributed by atoms with Gasteiger partial charge in [-0.2, -0.15) is 0 Å². The second-order valence-electron chi connectivity index (χ2n) is 15.1. The number of imidazole rings is 1. The zero-order valence-electron chi connectivity index (χ0n) is 33.5. The third-order valence-electron chi connectivity index (χ3n) is 11.1. The number of sulfone groups is 1. The molecule has 60 heavy (non-hydrogen) atoms. The van der Waals surface area contributed by atoms with Crippen molar-refractivity contribution in [3.63, 3.8) is 0 Å². The molecule has 6 aromatic rings. The number of piperazine rings is 1. The highest BCUT2D eigenvalue weighted by Crippen LogP contribution is 2.35. The number of amides is 1. The van der Waals surface area contributed by atoms with Gasteiger partial charge in [-0.25, -0.2) is 32.2 Å². The Morgan fingerprint density at radius 2 is 1.65 bits per heavy atom. The number of hydrogen-bond acceptors (Lipinski definition) is 11. The first-order valence-electron chi connectivity index (χ1n) is 20.1. The van der Waals surface area contributed by atoms with E-state index < -0.39 is 33.1 Å². The summed E-state index contributed by atoms with van der Waals surface area (Å²) in [5.74, 6) is -1.18. The van der Waals surface area contributed by atoms with E-state index in [1.807, 2.05) is 47.9 Å². The summed E-state index contributed by atoms with van der Waals surface area (Å²) in [7, 11) is -2.96. The normalized spacial score (nSPS) is 15.6. The van der Waals surface area contributed by atoms with Crippen molar-refractivity contribution in [3.05, 3.63) is 115 Å². The minimum atomic E-state index is -2.96. The van der Waals surface area contributed by atoms with E-state index >= 15 is 0 Å². The number of piperidine rings is 1. The summed E-state index contributed by atoms with van der Waals surface area (Å²) in [6, 6.07) is 24.2. The summed E-state index contributed by atoms with van der Waals surface area (Å²) in [6.45, 7) is 8.55. The highest BCUT2D eigenvalue weighted by atomic mass is 32.2. The number of nitrogens with zero attached hydrogens (tertiary/aromatic N) is 7. The second-order valence-corrected chi connectivity index (χ2v) is 17.4. The molecule has 0 unspecified atom stereocenters. The lowest BCUT2D eigenvalue weighted by atomic mass is 10.0. The molecule has 3 aromatic heterocycles. The van der Waals surface area contributed by atoms with Gasteiger partial charge in [0.05, 0.1) is 35.1 Å². The van der Waals surface area contributed by atoms with Crippen LogP contribution in [0.15, 0.2) is 97.3 Å². The largest absolute Gasteiger partial charge is 0.492 e. The fourth-order valence-electron chi connectivity index (χ4n) is 7.96. The van der Waals surface area contributed by atoms with Gasteiger partial charge in [0.1, 0.15) is 38.6 Å². The minimum Gasteiger partial charge on any atom is -0.492 e. The van der Waals surface area contributed by atoms with Crippen LogP contribution in [-0.2, 0) is 9.84 Å². The van der Waals surface area contributed by atoms with Crippen molar-refractivity contribution in [1.29, 1.82) is 0 Å². The number of carbonyl (C=O) groups excluding carboxylic acids is 1. The van der Waals surface area contributed by atoms with Gasteiger partial charge < -0.3 is 25.2 Å². The SMILES string of the molecule is CCOc1cc(N2CCN(C3CCN(CCS(C)(=O)=O)CC3)CC2)ccc1Nc1nccc(-c2c(-c3cccc(C(=O)Nc4c(F)cccc4F)c3)nc3ccccn23)n1. The van der Waals surface area contributed by atoms with Crippen LogP contribution in [0.4, 0.5) is 31.8 Å². The van der Waals surface area contributed by atoms with E-state index in [9.17, 15) is 22.0 Å². The van der Waals surface area contributed by atoms with Crippen molar-refractivity contribution in [2.24, 2.45) is 0 Å². The van der Waals surface area contributed by atoms with Crippen molar-refractivity contribution < 1.29 is 26.7 Å². The molecule has 0 saturated carbocycles. The van der Waals surface area contributed by atoms with Gasteiger partial charge in [0.15, 0.2) is 0 Å². The molecule has 8 rings (SSSR count). The Hall–Kier alpha value is -5.97. The molecule has 312 valence electrons. The molecule has 0 aliphatic carbocycles. The average Bonchev–Trinajstić information content (AvgIpc) is 3.65. The van der Waals surface area contributed by atoms with E-state index in [1.54, 1.807) is 30.5 Å². The van der Waals surface area contributed by atoms with Crippen LogP contribution in [0.25, 0.3) is 28.3 Å². The van der Waals surface area contributed by atoms with Gasteiger partial charge >= 0.3 is 0 Å². The first-order chi connectivity index (χ1) is 29.0. The summed E-state index contributed by atoms with van der Waals surface area (Å²) < 4.78 is 60.0. The Balaban J connectivity index is 0.983. The van der Waals surface area contributed by atoms with Crippen LogP contribution in [-0.4, -0.2) is 114 Å². The van der Waals surface area contributed by atoms with Gasteiger partial charge in [-0.05, 0) is 87.5 Å². The lowest BCUT2D eigenvalue weighted by Crippen LogP contribution is -2.53. The summed E-state index contributed by atoms with van der Waals surface area (Å²) in [6.07, 6.45) is 6.95. The lowest BCUT2D eigenvalue weighted by Gasteiger charge is -2.43. The highest BCUT2D eigenvalue weighted by Gasteiger charge is 2.28. The number of benzene rings is 3. The first kappa shape index (κ1) is 40.8. The molecule has 1 amide bonds. The standard InChI is InChI=1S/C44H47F2N9O4S/c1-3-59-38-29-33(54-24-22-53(23-25-54)32-16-20-52(21-17-32)26-27-60(2,57)58)13-14-36(38)48-44-47-18-15-37(49-44)42-40(50-39-12-4-5-19-55(39)42)30-8-6-9-31(28-30)43(56)51-41-34(45)10-7-11-35(41)46/h4-15,18-19,28-29,32H,3,16-17,20-27H2,1-2H3,(H,51,56)(H,47,48,49). The molecule has 2 saturated heterocycles. The van der Waals surface area contributed by atoms with E-state index in [1.165, 1.54) is 12.3 Å². The maximum absolute atomic E-state index is 14.4. The molecule has 3 aromatic carbocycles. The number of pyridine rings is 1. The van der Waals surface area contributed by atoms with Crippen LogP contribution in [0.3, 0.4) is 0 Å². The molecule has 2 N–H and O–H groups in total. The summed E-state index contributed by atoms with van der Waals surface area (Å²) >= 11 is 0. The Bertz CT molecular complexity index is 2590. The van der Waals surface area contributed by atoms with E-state index in [4.69, 9.17) is 14.7 Å². The Kier molecular flexibility index (Phi) is 12.0. The number of hydrogen-bond donors (Lipinski definition) is 2. The molecule has 0 bridgehead atoms. The third kappa shape index (κ3) is 9.25. The molecule has 0 atom stereocenters.